The second-order valence-corrected chi connectivity index (χ2v) is 5.85. The van der Waals surface area contributed by atoms with Gasteiger partial charge < -0.3 is 19.4 Å². The van der Waals surface area contributed by atoms with E-state index < -0.39 is 0 Å². The topological polar surface area (TPSA) is 53.1 Å². The summed E-state index contributed by atoms with van der Waals surface area (Å²) in [6, 6.07) is -0.376. The Bertz CT molecular complexity index is 347. The molecular weight excluding hydrogens is 270 g/mol. The predicted octanol–water partition coefficient (Wildman–Crippen LogP) is 0.772. The van der Waals surface area contributed by atoms with Crippen molar-refractivity contribution in [2.45, 2.75) is 39.2 Å². The number of ether oxygens (including phenoxy) is 1. The molecule has 6 nitrogen and oxygen atoms in total. The molecule has 1 saturated heterocycles. The molecule has 0 aromatic heterocycles. The maximum Gasteiger partial charge on any atom is 0.250 e. The summed E-state index contributed by atoms with van der Waals surface area (Å²) in [5, 5.41) is 0. The largest absolute Gasteiger partial charge is 0.372 e. The van der Waals surface area contributed by atoms with E-state index in [4.69, 9.17) is 4.74 Å². The van der Waals surface area contributed by atoms with Gasteiger partial charge in [-0.05, 0) is 27.4 Å². The van der Waals surface area contributed by atoms with E-state index in [2.05, 4.69) is 6.92 Å². The SMILES string of the molecule is CCCCCOCC(=O)N1CN(CCN(C)C)C(=O)C1C. The van der Waals surface area contributed by atoms with Gasteiger partial charge in [0.05, 0.1) is 6.67 Å². The zero-order valence-corrected chi connectivity index (χ0v) is 13.8. The van der Waals surface area contributed by atoms with Gasteiger partial charge in [0, 0.05) is 19.7 Å². The summed E-state index contributed by atoms with van der Waals surface area (Å²) >= 11 is 0. The van der Waals surface area contributed by atoms with E-state index in [1.807, 2.05) is 19.0 Å². The molecule has 6 heteroatoms. The van der Waals surface area contributed by atoms with Crippen LogP contribution in [0.3, 0.4) is 0 Å². The number of rotatable bonds is 9. The van der Waals surface area contributed by atoms with Gasteiger partial charge in [-0.1, -0.05) is 19.8 Å². The highest BCUT2D eigenvalue weighted by Crippen LogP contribution is 2.14. The normalized spacial score (nSPS) is 18.9. The van der Waals surface area contributed by atoms with Crippen LogP contribution in [-0.2, 0) is 14.3 Å². The van der Waals surface area contributed by atoms with Crippen LogP contribution in [0.4, 0.5) is 0 Å². The fraction of sp³-hybridized carbons (Fsp3) is 0.867. The van der Waals surface area contributed by atoms with Crippen LogP contribution < -0.4 is 0 Å². The molecule has 0 aliphatic carbocycles. The van der Waals surface area contributed by atoms with Crippen molar-refractivity contribution >= 4 is 11.8 Å². The number of amides is 2. The highest BCUT2D eigenvalue weighted by Gasteiger charge is 2.37. The molecule has 0 radical (unpaired) electrons. The monoisotopic (exact) mass is 299 g/mol. The third-order valence-electron chi connectivity index (χ3n) is 3.71. The quantitative estimate of drug-likeness (QED) is 0.590. The van der Waals surface area contributed by atoms with Crippen LogP contribution in [0.1, 0.15) is 33.1 Å². The van der Waals surface area contributed by atoms with Gasteiger partial charge in [-0.3, -0.25) is 9.59 Å². The number of hydrogen-bond donors (Lipinski definition) is 0. The van der Waals surface area contributed by atoms with Crippen molar-refractivity contribution in [1.29, 1.82) is 0 Å². The summed E-state index contributed by atoms with van der Waals surface area (Å²) in [4.78, 5) is 29.6. The maximum absolute atomic E-state index is 12.1. The minimum absolute atomic E-state index is 0.0242. The number of carbonyl (C=O) groups is 2. The molecule has 1 unspecified atom stereocenters. The smallest absolute Gasteiger partial charge is 0.250 e. The fourth-order valence-corrected chi connectivity index (χ4v) is 2.27. The van der Waals surface area contributed by atoms with Gasteiger partial charge in [0.2, 0.25) is 5.91 Å². The fourth-order valence-electron chi connectivity index (χ4n) is 2.27. The van der Waals surface area contributed by atoms with Crippen LogP contribution in [0.2, 0.25) is 0 Å². The molecular formula is C15H29N3O3. The van der Waals surface area contributed by atoms with Gasteiger partial charge in [-0.2, -0.15) is 0 Å². The molecule has 0 aromatic rings. The Balaban J connectivity index is 2.37. The van der Waals surface area contributed by atoms with Gasteiger partial charge in [-0.15, -0.1) is 0 Å². The van der Waals surface area contributed by atoms with Gasteiger partial charge in [-0.25, -0.2) is 0 Å². The molecule has 1 rings (SSSR count). The summed E-state index contributed by atoms with van der Waals surface area (Å²) in [6.07, 6.45) is 3.23. The lowest BCUT2D eigenvalue weighted by Crippen LogP contribution is -2.38. The molecule has 0 aromatic carbocycles. The third kappa shape index (κ3) is 5.63. The molecule has 1 aliphatic heterocycles. The van der Waals surface area contributed by atoms with E-state index in [1.54, 1.807) is 16.7 Å². The van der Waals surface area contributed by atoms with E-state index in [0.29, 0.717) is 19.8 Å². The minimum Gasteiger partial charge on any atom is -0.372 e. The zero-order chi connectivity index (χ0) is 15.8. The van der Waals surface area contributed by atoms with E-state index in [0.717, 1.165) is 25.8 Å². The van der Waals surface area contributed by atoms with Crippen LogP contribution >= 0.6 is 0 Å². The summed E-state index contributed by atoms with van der Waals surface area (Å²) in [6.45, 7) is 6.43. The Hall–Kier alpha value is -1.14. The Morgan fingerprint density at radius 3 is 2.71 bits per heavy atom. The second kappa shape index (κ2) is 9.00. The van der Waals surface area contributed by atoms with Crippen LogP contribution in [0, 0.1) is 0 Å². The lowest BCUT2D eigenvalue weighted by Gasteiger charge is -2.20. The van der Waals surface area contributed by atoms with Crippen LogP contribution in [-0.4, -0.2) is 79.6 Å². The molecule has 0 spiro atoms. The number of unbranched alkanes of at least 4 members (excludes halogenated alkanes) is 2. The van der Waals surface area contributed by atoms with Crippen molar-refractivity contribution in [3.63, 3.8) is 0 Å². The highest BCUT2D eigenvalue weighted by atomic mass is 16.5. The van der Waals surface area contributed by atoms with Crippen LogP contribution in [0.5, 0.6) is 0 Å². The van der Waals surface area contributed by atoms with Crippen molar-refractivity contribution < 1.29 is 14.3 Å². The first-order valence-electron chi connectivity index (χ1n) is 7.78. The first kappa shape index (κ1) is 17.9. The molecule has 0 bridgehead atoms. The van der Waals surface area contributed by atoms with E-state index in [1.165, 1.54) is 0 Å². The lowest BCUT2D eigenvalue weighted by atomic mass is 10.3. The molecule has 2 amide bonds. The standard InChI is InChI=1S/C15H29N3O3/c1-5-6-7-10-21-11-14(19)18-12-17(9-8-16(3)4)15(20)13(18)2/h13H,5-12H2,1-4H3. The molecule has 1 heterocycles. The van der Waals surface area contributed by atoms with Gasteiger partial charge in [0.1, 0.15) is 12.6 Å². The Morgan fingerprint density at radius 2 is 2.10 bits per heavy atom. The van der Waals surface area contributed by atoms with Crippen molar-refractivity contribution in [3.8, 4) is 0 Å². The van der Waals surface area contributed by atoms with Gasteiger partial charge in [0.25, 0.3) is 5.91 Å². The van der Waals surface area contributed by atoms with Crippen molar-refractivity contribution in [2.24, 2.45) is 0 Å². The highest BCUT2D eigenvalue weighted by molar-refractivity contribution is 5.90. The number of likely N-dealkylation sites (N-methyl/N-ethyl adjacent to an activating group) is 1. The van der Waals surface area contributed by atoms with Gasteiger partial charge in [0.15, 0.2) is 0 Å². The summed E-state index contributed by atoms with van der Waals surface area (Å²) in [5.74, 6) is -0.0733. The first-order valence-corrected chi connectivity index (χ1v) is 7.78. The zero-order valence-electron chi connectivity index (χ0n) is 13.8. The molecule has 0 N–H and O–H groups in total. The van der Waals surface area contributed by atoms with E-state index >= 15 is 0 Å². The Morgan fingerprint density at radius 1 is 1.38 bits per heavy atom. The molecule has 0 saturated carbocycles. The number of hydrogen-bond acceptors (Lipinski definition) is 4. The van der Waals surface area contributed by atoms with E-state index in [9.17, 15) is 9.59 Å². The lowest BCUT2D eigenvalue weighted by molar-refractivity contribution is -0.138. The first-order chi connectivity index (χ1) is 9.97. The molecule has 122 valence electrons. The second-order valence-electron chi connectivity index (χ2n) is 5.85. The average molecular weight is 299 g/mol. The minimum atomic E-state index is -0.376. The molecule has 21 heavy (non-hydrogen) atoms. The van der Waals surface area contributed by atoms with Gasteiger partial charge >= 0.3 is 0 Å². The van der Waals surface area contributed by atoms with Crippen LogP contribution in [0.15, 0.2) is 0 Å². The van der Waals surface area contributed by atoms with Crippen molar-refractivity contribution in [3.05, 3.63) is 0 Å². The van der Waals surface area contributed by atoms with Crippen molar-refractivity contribution in [2.75, 3.05) is 47.1 Å². The third-order valence-corrected chi connectivity index (χ3v) is 3.71. The summed E-state index contributed by atoms with van der Waals surface area (Å²) in [7, 11) is 3.94. The predicted molar refractivity (Wildman–Crippen MR) is 81.8 cm³/mol. The molecule has 1 aliphatic rings. The number of nitrogens with zero attached hydrogens (tertiary/aromatic N) is 3. The van der Waals surface area contributed by atoms with Crippen molar-refractivity contribution in [1.82, 2.24) is 14.7 Å². The maximum atomic E-state index is 12.1. The molecule has 1 fully saturated rings. The number of carbonyl (C=O) groups excluding carboxylic acids is 2. The average Bonchev–Trinajstić information content (AvgIpc) is 2.72. The summed E-state index contributed by atoms with van der Waals surface area (Å²) in [5.41, 5.74) is 0. The Kier molecular flexibility index (Phi) is 7.67. The van der Waals surface area contributed by atoms with E-state index in [-0.39, 0.29) is 24.5 Å². The molecule has 1 atom stereocenters. The van der Waals surface area contributed by atoms with Crippen LogP contribution in [0.25, 0.3) is 0 Å². The summed E-state index contributed by atoms with van der Waals surface area (Å²) < 4.78 is 5.40. The Labute approximate surface area is 128 Å².